The summed E-state index contributed by atoms with van der Waals surface area (Å²) in [6.07, 6.45) is 6.25. The van der Waals surface area contributed by atoms with Crippen LogP contribution in [0.5, 0.6) is 5.75 Å². The number of carbonyl (C=O) groups excluding carboxylic acids is 1. The number of H-pyrrole nitrogens is 1. The lowest BCUT2D eigenvalue weighted by molar-refractivity contribution is 0.100. The smallest absolute Gasteiger partial charge is 0.252 e. The summed E-state index contributed by atoms with van der Waals surface area (Å²) < 4.78 is 6.22. The number of fused-ring (bicyclic) bond motifs is 1. The van der Waals surface area contributed by atoms with Crippen LogP contribution in [0.4, 0.5) is 0 Å². The number of benzene rings is 1. The van der Waals surface area contributed by atoms with Gasteiger partial charge in [0.05, 0.1) is 17.7 Å². The molecule has 2 aromatic heterocycles. The number of aromatic nitrogens is 3. The molecule has 1 amide bonds. The predicted octanol–water partition coefficient (Wildman–Crippen LogP) is 4.11. The Morgan fingerprint density at radius 1 is 1.12 bits per heavy atom. The van der Waals surface area contributed by atoms with Gasteiger partial charge in [0.1, 0.15) is 22.8 Å². The summed E-state index contributed by atoms with van der Waals surface area (Å²) in [4.78, 5) is 25.5. The zero-order valence-corrected chi connectivity index (χ0v) is 18.8. The third-order valence-corrected chi connectivity index (χ3v) is 6.80. The fourth-order valence-corrected chi connectivity index (χ4v) is 4.71. The van der Waals surface area contributed by atoms with E-state index in [4.69, 9.17) is 26.2 Å². The number of hydrogen-bond donors (Lipinski definition) is 3. The van der Waals surface area contributed by atoms with Gasteiger partial charge in [0, 0.05) is 23.2 Å². The summed E-state index contributed by atoms with van der Waals surface area (Å²) in [6, 6.07) is 6.42. The fourth-order valence-electron chi connectivity index (χ4n) is 4.71. The second-order valence-corrected chi connectivity index (χ2v) is 9.51. The number of carbonyl (C=O) groups is 1. The number of nitrogens with zero attached hydrogens (tertiary/aromatic N) is 2. The van der Waals surface area contributed by atoms with Crippen molar-refractivity contribution < 1.29 is 9.53 Å². The molecule has 0 atom stereocenters. The van der Waals surface area contributed by atoms with Gasteiger partial charge in [-0.25, -0.2) is 9.97 Å². The summed E-state index contributed by atoms with van der Waals surface area (Å²) in [5.74, 6) is 1.95. The Hall–Kier alpha value is -2.93. The van der Waals surface area contributed by atoms with Crippen molar-refractivity contribution in [2.24, 2.45) is 17.4 Å². The lowest BCUT2D eigenvalue weighted by atomic mass is 9.86. The van der Waals surface area contributed by atoms with Crippen molar-refractivity contribution in [3.63, 3.8) is 0 Å². The van der Waals surface area contributed by atoms with Crippen molar-refractivity contribution >= 4 is 16.9 Å². The first-order chi connectivity index (χ1) is 15.4. The third kappa shape index (κ3) is 3.97. The first-order valence-corrected chi connectivity index (χ1v) is 11.6. The van der Waals surface area contributed by atoms with Crippen molar-refractivity contribution in [2.75, 3.05) is 6.61 Å². The Balaban J connectivity index is 1.69. The highest BCUT2D eigenvalue weighted by atomic mass is 16.5. The average molecular weight is 434 g/mol. The van der Waals surface area contributed by atoms with E-state index in [2.05, 4.69) is 24.0 Å². The molecular formula is C25H31N5O2. The highest BCUT2D eigenvalue weighted by Crippen LogP contribution is 2.39. The van der Waals surface area contributed by atoms with E-state index in [0.717, 1.165) is 59.6 Å². The van der Waals surface area contributed by atoms with Gasteiger partial charge in [-0.2, -0.15) is 0 Å². The molecule has 0 bridgehead atoms. The summed E-state index contributed by atoms with van der Waals surface area (Å²) in [7, 11) is 0. The fraction of sp³-hybridized carbons (Fsp3) is 0.480. The van der Waals surface area contributed by atoms with Gasteiger partial charge < -0.3 is 21.2 Å². The number of primary amides is 1. The van der Waals surface area contributed by atoms with Gasteiger partial charge in [0.25, 0.3) is 5.91 Å². The van der Waals surface area contributed by atoms with Crippen LogP contribution in [0.3, 0.4) is 0 Å². The van der Waals surface area contributed by atoms with Gasteiger partial charge in [-0.1, -0.05) is 11.6 Å². The highest BCUT2D eigenvalue weighted by Gasteiger charge is 2.28. The molecule has 2 saturated carbocycles. The molecule has 7 heteroatoms. The SMILES string of the molecule is Cc1ccc(OCC2CC2)c(-c2nc(C3CCC(N)CC3)nc3c(C(N)=O)c(C)[nH]c23)c1. The molecule has 2 heterocycles. The Kier molecular flexibility index (Phi) is 5.37. The Labute approximate surface area is 188 Å². The molecule has 2 aliphatic carbocycles. The number of nitrogens with two attached hydrogens (primary N) is 2. The molecule has 0 radical (unpaired) electrons. The molecule has 168 valence electrons. The van der Waals surface area contributed by atoms with E-state index < -0.39 is 5.91 Å². The highest BCUT2D eigenvalue weighted by molar-refractivity contribution is 6.08. The average Bonchev–Trinajstić information content (AvgIpc) is 3.52. The van der Waals surface area contributed by atoms with Crippen LogP contribution in [-0.4, -0.2) is 33.5 Å². The van der Waals surface area contributed by atoms with Crippen molar-refractivity contribution in [3.8, 4) is 17.0 Å². The van der Waals surface area contributed by atoms with Crippen molar-refractivity contribution in [2.45, 2.75) is 64.3 Å². The number of aromatic amines is 1. The monoisotopic (exact) mass is 433 g/mol. The molecular weight excluding hydrogens is 402 g/mol. The van der Waals surface area contributed by atoms with E-state index in [-0.39, 0.29) is 12.0 Å². The normalized spacial score (nSPS) is 21.1. The van der Waals surface area contributed by atoms with Crippen LogP contribution in [-0.2, 0) is 0 Å². The molecule has 0 saturated heterocycles. The molecule has 2 fully saturated rings. The number of amides is 1. The number of rotatable bonds is 6. The van der Waals surface area contributed by atoms with Crippen LogP contribution in [0, 0.1) is 19.8 Å². The quantitative estimate of drug-likeness (QED) is 0.540. The van der Waals surface area contributed by atoms with E-state index in [1.54, 1.807) is 0 Å². The molecule has 0 aliphatic heterocycles. The van der Waals surface area contributed by atoms with Crippen LogP contribution in [0.25, 0.3) is 22.3 Å². The van der Waals surface area contributed by atoms with Crippen LogP contribution >= 0.6 is 0 Å². The minimum absolute atomic E-state index is 0.217. The van der Waals surface area contributed by atoms with Gasteiger partial charge in [-0.3, -0.25) is 4.79 Å². The molecule has 2 aliphatic rings. The van der Waals surface area contributed by atoms with E-state index in [9.17, 15) is 4.79 Å². The zero-order chi connectivity index (χ0) is 22.4. The summed E-state index contributed by atoms with van der Waals surface area (Å²) in [5.41, 5.74) is 17.2. The summed E-state index contributed by atoms with van der Waals surface area (Å²) >= 11 is 0. The van der Waals surface area contributed by atoms with E-state index >= 15 is 0 Å². The standard InChI is InChI=1S/C25H31N5O2/c1-13-3-10-19(32-12-15-4-5-15)18(11-13)21-23-22(20(24(27)31)14(2)28-23)30-25(29-21)16-6-8-17(26)9-7-16/h3,10-11,15-17,28H,4-9,12,26H2,1-2H3,(H2,27,31). The lowest BCUT2D eigenvalue weighted by Crippen LogP contribution is -2.26. The maximum Gasteiger partial charge on any atom is 0.252 e. The third-order valence-electron chi connectivity index (χ3n) is 6.80. The molecule has 3 aromatic rings. The largest absolute Gasteiger partial charge is 0.493 e. The van der Waals surface area contributed by atoms with Crippen molar-refractivity contribution in [3.05, 3.63) is 40.8 Å². The maximum absolute atomic E-state index is 12.3. The van der Waals surface area contributed by atoms with E-state index in [1.807, 2.05) is 13.0 Å². The first-order valence-electron chi connectivity index (χ1n) is 11.6. The van der Waals surface area contributed by atoms with Crippen LogP contribution in [0.2, 0.25) is 0 Å². The number of ether oxygens (including phenoxy) is 1. The van der Waals surface area contributed by atoms with Gasteiger partial charge >= 0.3 is 0 Å². The maximum atomic E-state index is 12.3. The topological polar surface area (TPSA) is 120 Å². The predicted molar refractivity (Wildman–Crippen MR) is 125 cm³/mol. The van der Waals surface area contributed by atoms with Gasteiger partial charge in [-0.15, -0.1) is 0 Å². The summed E-state index contributed by atoms with van der Waals surface area (Å²) in [5, 5.41) is 0. The molecule has 1 aromatic carbocycles. The second kappa shape index (κ2) is 8.20. The van der Waals surface area contributed by atoms with Gasteiger partial charge in [-0.05, 0) is 70.4 Å². The van der Waals surface area contributed by atoms with Crippen molar-refractivity contribution in [1.82, 2.24) is 15.0 Å². The Bertz CT molecular complexity index is 1170. The van der Waals surface area contributed by atoms with E-state index in [0.29, 0.717) is 29.3 Å². The van der Waals surface area contributed by atoms with Crippen LogP contribution in [0.15, 0.2) is 18.2 Å². The Morgan fingerprint density at radius 2 is 1.88 bits per heavy atom. The second-order valence-electron chi connectivity index (χ2n) is 9.51. The molecule has 32 heavy (non-hydrogen) atoms. The molecule has 5 rings (SSSR count). The number of nitrogens with one attached hydrogen (secondary N) is 1. The number of hydrogen-bond acceptors (Lipinski definition) is 5. The summed E-state index contributed by atoms with van der Waals surface area (Å²) in [6.45, 7) is 4.63. The number of aryl methyl sites for hydroxylation is 2. The van der Waals surface area contributed by atoms with Gasteiger partial charge in [0.2, 0.25) is 0 Å². The lowest BCUT2D eigenvalue weighted by Gasteiger charge is -2.25. The molecule has 5 N–H and O–H groups in total. The molecule has 7 nitrogen and oxygen atoms in total. The van der Waals surface area contributed by atoms with Crippen LogP contribution in [0.1, 0.15) is 71.9 Å². The minimum Gasteiger partial charge on any atom is -0.493 e. The van der Waals surface area contributed by atoms with Crippen LogP contribution < -0.4 is 16.2 Å². The minimum atomic E-state index is -0.482. The molecule has 0 unspecified atom stereocenters. The van der Waals surface area contributed by atoms with Gasteiger partial charge in [0.15, 0.2) is 0 Å². The first kappa shape index (κ1) is 20.9. The Morgan fingerprint density at radius 3 is 2.56 bits per heavy atom. The van der Waals surface area contributed by atoms with E-state index in [1.165, 1.54) is 12.8 Å². The van der Waals surface area contributed by atoms with Crippen molar-refractivity contribution in [1.29, 1.82) is 0 Å². The molecule has 0 spiro atoms. The zero-order valence-electron chi connectivity index (χ0n) is 18.8.